The molecule has 5 heteroatoms. The molecule has 3 heterocycles. The zero-order valence-corrected chi connectivity index (χ0v) is 35.4. The van der Waals surface area contributed by atoms with E-state index in [9.17, 15) is 1.37 Å². The summed E-state index contributed by atoms with van der Waals surface area (Å²) in [6.45, 7) is 6.50. The SMILES string of the molecule is [2H]c1nc(-n2c3ccccc3c3cc(-c4ccccc4)c(Oc4cccc(N5CN(c6c(-c7ccccc7)cccc6-c6ccccc6)c6ccccc65)c4)cc32)c([2H])c(C(C)(C)C)c1[2H]. The van der Waals surface area contributed by atoms with E-state index in [2.05, 4.69) is 154 Å². The van der Waals surface area contributed by atoms with E-state index in [4.69, 9.17) is 7.48 Å². The number of pyridine rings is 1. The highest BCUT2D eigenvalue weighted by atomic mass is 16.5. The fourth-order valence-electron chi connectivity index (χ4n) is 8.94. The van der Waals surface area contributed by atoms with Crippen LogP contribution in [-0.4, -0.2) is 16.2 Å². The predicted octanol–water partition coefficient (Wildman–Crippen LogP) is 15.5. The largest absolute Gasteiger partial charge is 0.457 e. The van der Waals surface area contributed by atoms with Gasteiger partial charge in [-0.25, -0.2) is 4.98 Å². The normalized spacial score (nSPS) is 13.2. The van der Waals surface area contributed by atoms with Crippen LogP contribution in [0.25, 0.3) is 61.0 Å². The first-order valence-corrected chi connectivity index (χ1v) is 21.4. The second-order valence-electron chi connectivity index (χ2n) is 17.0. The Balaban J connectivity index is 1.05. The summed E-state index contributed by atoms with van der Waals surface area (Å²) >= 11 is 0. The maximum absolute atomic E-state index is 9.49. The number of hydrogen-bond donors (Lipinski definition) is 0. The van der Waals surface area contributed by atoms with E-state index in [1.807, 2.05) is 79.9 Å². The van der Waals surface area contributed by atoms with Crippen molar-refractivity contribution in [2.75, 3.05) is 16.5 Å². The van der Waals surface area contributed by atoms with E-state index >= 15 is 0 Å². The minimum atomic E-state index is -0.553. The van der Waals surface area contributed by atoms with Gasteiger partial charge in [0.25, 0.3) is 0 Å². The number of para-hydroxylation sites is 4. The van der Waals surface area contributed by atoms with Crippen molar-refractivity contribution in [1.29, 1.82) is 0 Å². The van der Waals surface area contributed by atoms with Crippen molar-refractivity contribution >= 4 is 44.6 Å². The van der Waals surface area contributed by atoms with Crippen LogP contribution in [-0.2, 0) is 5.41 Å². The summed E-state index contributed by atoms with van der Waals surface area (Å²) in [5, 5.41) is 1.95. The molecule has 0 fully saturated rings. The van der Waals surface area contributed by atoms with Crippen molar-refractivity contribution in [3.05, 3.63) is 218 Å². The molecule has 11 rings (SSSR count). The van der Waals surface area contributed by atoms with Crippen LogP contribution in [0.5, 0.6) is 11.5 Å². The molecule has 8 aromatic carbocycles. The smallest absolute Gasteiger partial charge is 0.137 e. The van der Waals surface area contributed by atoms with Gasteiger partial charge in [-0.15, -0.1) is 0 Å². The van der Waals surface area contributed by atoms with E-state index in [-0.39, 0.29) is 18.3 Å². The summed E-state index contributed by atoms with van der Waals surface area (Å²) in [5.41, 5.74) is 12.4. The Morgan fingerprint density at radius 1 is 0.540 bits per heavy atom. The molecule has 1 aliphatic rings. The zero-order chi connectivity index (χ0) is 45.1. The van der Waals surface area contributed by atoms with Crippen LogP contribution in [0.4, 0.5) is 22.7 Å². The Kier molecular flexibility index (Phi) is 8.58. The number of hydrogen-bond acceptors (Lipinski definition) is 4. The molecule has 0 saturated carbocycles. The lowest BCUT2D eigenvalue weighted by Gasteiger charge is -2.27. The number of aromatic nitrogens is 2. The molecule has 304 valence electrons. The third-order valence-corrected chi connectivity index (χ3v) is 12.0. The van der Waals surface area contributed by atoms with Gasteiger partial charge in [0, 0.05) is 51.5 Å². The topological polar surface area (TPSA) is 33.5 Å². The number of fused-ring (bicyclic) bond motifs is 4. The van der Waals surface area contributed by atoms with Gasteiger partial charge in [-0.05, 0) is 76.2 Å². The summed E-state index contributed by atoms with van der Waals surface area (Å²) in [5.74, 6) is 1.61. The summed E-state index contributed by atoms with van der Waals surface area (Å²) < 4.78 is 36.1. The number of nitrogens with zero attached hydrogens (tertiary/aromatic N) is 4. The molecule has 0 amide bonds. The zero-order valence-electron chi connectivity index (χ0n) is 38.4. The molecule has 2 aromatic heterocycles. The van der Waals surface area contributed by atoms with Crippen molar-refractivity contribution < 1.29 is 8.85 Å². The predicted molar refractivity (Wildman–Crippen MR) is 262 cm³/mol. The molecule has 10 aromatic rings. The van der Waals surface area contributed by atoms with Crippen molar-refractivity contribution in [3.8, 4) is 50.7 Å². The molecule has 0 atom stereocenters. The van der Waals surface area contributed by atoms with E-state index in [1.54, 1.807) is 0 Å². The van der Waals surface area contributed by atoms with Gasteiger partial charge in [-0.1, -0.05) is 166 Å². The highest BCUT2D eigenvalue weighted by molar-refractivity contribution is 6.11. The maximum atomic E-state index is 9.49. The van der Waals surface area contributed by atoms with Gasteiger partial charge in [-0.3, -0.25) is 4.57 Å². The quantitative estimate of drug-likeness (QED) is 0.153. The van der Waals surface area contributed by atoms with Crippen molar-refractivity contribution in [3.63, 3.8) is 0 Å². The molecule has 0 N–H and O–H groups in total. The van der Waals surface area contributed by atoms with Crippen molar-refractivity contribution in [2.45, 2.75) is 26.2 Å². The molecular formula is C58H46N4O. The third kappa shape index (κ3) is 6.88. The van der Waals surface area contributed by atoms with Crippen molar-refractivity contribution in [2.24, 2.45) is 0 Å². The second-order valence-corrected chi connectivity index (χ2v) is 17.0. The third-order valence-electron chi connectivity index (χ3n) is 12.0. The molecule has 63 heavy (non-hydrogen) atoms. The standard InChI is InChI=1S/C58H46N4O/c1-58(2,3)43-33-34-59-56(35-43)62-51-30-14-13-27-48(51)50-37-49(42-23-11-6-12-24-42)55(38-54(50)62)63-45-26-17-25-44(36-45)60-39-61(53-32-16-15-31-52(53)60)57-46(40-19-7-4-8-20-40)28-18-29-47(57)41-21-9-5-10-22-41/h4-38H,39H2,1-3H3/i33D,34D,35D. The van der Waals surface area contributed by atoms with Gasteiger partial charge in [-0.2, -0.15) is 0 Å². The first-order chi connectivity index (χ1) is 32.1. The number of benzene rings is 8. The van der Waals surface area contributed by atoms with Crippen LogP contribution in [0, 0.1) is 0 Å². The van der Waals surface area contributed by atoms with Crippen molar-refractivity contribution in [1.82, 2.24) is 9.55 Å². The Labute approximate surface area is 373 Å². The van der Waals surface area contributed by atoms with E-state index < -0.39 is 5.41 Å². The van der Waals surface area contributed by atoms with Gasteiger partial charge in [0.15, 0.2) is 0 Å². The van der Waals surface area contributed by atoms with Crippen LogP contribution >= 0.6 is 0 Å². The fourth-order valence-corrected chi connectivity index (χ4v) is 8.94. The fraction of sp³-hybridized carbons (Fsp3) is 0.0862. The van der Waals surface area contributed by atoms with Crippen LogP contribution < -0.4 is 14.5 Å². The van der Waals surface area contributed by atoms with Gasteiger partial charge in [0.1, 0.15) is 24.0 Å². The Hall–Kier alpha value is -7.89. The molecule has 5 nitrogen and oxygen atoms in total. The van der Waals surface area contributed by atoms with Gasteiger partial charge in [0.2, 0.25) is 0 Å². The highest BCUT2D eigenvalue weighted by Gasteiger charge is 2.31. The Morgan fingerprint density at radius 3 is 1.79 bits per heavy atom. The highest BCUT2D eigenvalue weighted by Crippen LogP contribution is 2.50. The Morgan fingerprint density at radius 2 is 1.13 bits per heavy atom. The molecule has 0 saturated heterocycles. The summed E-state index contributed by atoms with van der Waals surface area (Å²) in [7, 11) is 0. The lowest BCUT2D eigenvalue weighted by Crippen LogP contribution is -2.24. The first kappa shape index (κ1) is 34.8. The van der Waals surface area contributed by atoms with Crippen LogP contribution in [0.3, 0.4) is 0 Å². The lowest BCUT2D eigenvalue weighted by atomic mass is 9.88. The molecule has 0 spiro atoms. The molecule has 1 aliphatic heterocycles. The van der Waals surface area contributed by atoms with Crippen LogP contribution in [0.1, 0.15) is 30.4 Å². The summed E-state index contributed by atoms with van der Waals surface area (Å²) in [4.78, 5) is 9.42. The average Bonchev–Trinajstić information content (AvgIpc) is 3.88. The second kappa shape index (κ2) is 15.5. The summed E-state index contributed by atoms with van der Waals surface area (Å²) in [6, 6.07) is 67.4. The molecule has 0 bridgehead atoms. The summed E-state index contributed by atoms with van der Waals surface area (Å²) in [6.07, 6.45) is -0.159. The van der Waals surface area contributed by atoms with E-state index in [1.165, 1.54) is 0 Å². The number of rotatable bonds is 8. The monoisotopic (exact) mass is 817 g/mol. The van der Waals surface area contributed by atoms with Crippen LogP contribution in [0.2, 0.25) is 0 Å². The molecular weight excluding hydrogens is 769 g/mol. The molecule has 0 unspecified atom stereocenters. The Bertz CT molecular complexity index is 3400. The first-order valence-electron chi connectivity index (χ1n) is 22.9. The number of anilines is 4. The van der Waals surface area contributed by atoms with E-state index in [0.717, 1.165) is 77.9 Å². The number of ether oxygens (including phenoxy) is 1. The lowest BCUT2D eigenvalue weighted by molar-refractivity contribution is 0.485. The van der Waals surface area contributed by atoms with Gasteiger partial charge in [0.05, 0.1) is 32.2 Å². The van der Waals surface area contributed by atoms with Gasteiger partial charge >= 0.3 is 0 Å². The van der Waals surface area contributed by atoms with Crippen LogP contribution in [0.15, 0.2) is 212 Å². The molecule has 0 aliphatic carbocycles. The van der Waals surface area contributed by atoms with E-state index in [0.29, 0.717) is 29.5 Å². The average molecular weight is 818 g/mol. The van der Waals surface area contributed by atoms with Gasteiger partial charge < -0.3 is 14.5 Å². The maximum Gasteiger partial charge on any atom is 0.137 e. The minimum absolute atomic E-state index is 0.0203. The molecule has 0 radical (unpaired) electrons. The minimum Gasteiger partial charge on any atom is -0.457 e.